The van der Waals surface area contributed by atoms with E-state index in [4.69, 9.17) is 4.74 Å². The molecule has 1 aromatic carbocycles. The second kappa shape index (κ2) is 8.69. The number of benzene rings is 1. The Balaban J connectivity index is 1.20. The summed E-state index contributed by atoms with van der Waals surface area (Å²) in [6, 6.07) is 7.56. The number of hydrazine groups is 1. The third-order valence-corrected chi connectivity index (χ3v) is 6.92. The van der Waals surface area contributed by atoms with Crippen LogP contribution in [0, 0.1) is 23.2 Å². The van der Waals surface area contributed by atoms with Gasteiger partial charge in [0, 0.05) is 11.0 Å². The highest BCUT2D eigenvalue weighted by molar-refractivity contribution is 5.95. The van der Waals surface area contributed by atoms with Crippen molar-refractivity contribution in [2.75, 3.05) is 6.61 Å². The fourth-order valence-electron chi connectivity index (χ4n) is 5.88. The number of hydrogen-bond donors (Lipinski definition) is 3. The average molecular weight is 428 g/mol. The first kappa shape index (κ1) is 21.3. The molecule has 166 valence electrons. The summed E-state index contributed by atoms with van der Waals surface area (Å²) in [5, 5.41) is 2.82. The normalized spacial score (nSPS) is 29.0. The van der Waals surface area contributed by atoms with E-state index in [1.54, 1.807) is 37.3 Å². The molecule has 4 saturated carbocycles. The molecule has 0 spiro atoms. The van der Waals surface area contributed by atoms with Crippen LogP contribution in [0.5, 0.6) is 0 Å². The molecule has 0 unspecified atom stereocenters. The molecule has 0 aliphatic heterocycles. The van der Waals surface area contributed by atoms with E-state index in [1.807, 2.05) is 0 Å². The molecule has 3 N–H and O–H groups in total. The first-order valence-corrected chi connectivity index (χ1v) is 11.0. The molecule has 4 fully saturated rings. The zero-order valence-electron chi connectivity index (χ0n) is 17.7. The number of esters is 1. The average Bonchev–Trinajstić information content (AvgIpc) is 2.75. The van der Waals surface area contributed by atoms with Crippen molar-refractivity contribution in [3.63, 3.8) is 0 Å². The molecule has 31 heavy (non-hydrogen) atoms. The molecule has 1 atom stereocenters. The van der Waals surface area contributed by atoms with E-state index in [0.29, 0.717) is 23.3 Å². The maximum absolute atomic E-state index is 13.0. The van der Waals surface area contributed by atoms with Gasteiger partial charge in [-0.15, -0.1) is 0 Å². The van der Waals surface area contributed by atoms with E-state index >= 15 is 0 Å². The van der Waals surface area contributed by atoms with Gasteiger partial charge in [-0.3, -0.25) is 25.2 Å². The van der Waals surface area contributed by atoms with Gasteiger partial charge < -0.3 is 10.1 Å². The van der Waals surface area contributed by atoms with E-state index in [0.717, 1.165) is 19.3 Å². The Labute approximate surface area is 181 Å². The van der Waals surface area contributed by atoms with Gasteiger partial charge in [-0.05, 0) is 75.3 Å². The van der Waals surface area contributed by atoms with Gasteiger partial charge in [-0.25, -0.2) is 4.79 Å². The van der Waals surface area contributed by atoms with Gasteiger partial charge in [0.2, 0.25) is 5.91 Å². The second-order valence-corrected chi connectivity index (χ2v) is 9.37. The van der Waals surface area contributed by atoms with Crippen LogP contribution in [0.1, 0.15) is 55.8 Å². The van der Waals surface area contributed by atoms with Gasteiger partial charge in [-0.1, -0.05) is 18.2 Å². The smallest absolute Gasteiger partial charge is 0.328 e. The summed E-state index contributed by atoms with van der Waals surface area (Å²) in [7, 11) is 0. The largest absolute Gasteiger partial charge is 0.454 e. The van der Waals surface area contributed by atoms with E-state index in [1.165, 1.54) is 19.3 Å². The van der Waals surface area contributed by atoms with Crippen LogP contribution in [-0.2, 0) is 19.1 Å². The Kier molecular flexibility index (Phi) is 5.98. The summed E-state index contributed by atoms with van der Waals surface area (Å²) in [6.45, 7) is 1.02. The number of amides is 3. The van der Waals surface area contributed by atoms with Crippen molar-refractivity contribution in [2.45, 2.75) is 51.5 Å². The molecular formula is C23H29N3O5. The van der Waals surface area contributed by atoms with Gasteiger partial charge in [0.15, 0.2) is 6.61 Å². The van der Waals surface area contributed by atoms with Crippen LogP contribution in [0.15, 0.2) is 30.3 Å². The lowest BCUT2D eigenvalue weighted by molar-refractivity contribution is -0.155. The minimum absolute atomic E-state index is 0.0596. The summed E-state index contributed by atoms with van der Waals surface area (Å²) in [5.41, 5.74) is 4.51. The number of carbonyl (C=O) groups excluding carboxylic acids is 4. The van der Waals surface area contributed by atoms with Gasteiger partial charge >= 0.3 is 5.97 Å². The fraction of sp³-hybridized carbons (Fsp3) is 0.565. The maximum Gasteiger partial charge on any atom is 0.328 e. The van der Waals surface area contributed by atoms with Crippen LogP contribution in [0.3, 0.4) is 0 Å². The standard InChI is InChI=1S/C23H29N3O5/c1-14(24-22(30)23-10-15-7-16(11-23)9-17(8-15)12-23)21(29)31-13-19(27)25-26-20(28)18-5-3-2-4-6-18/h2-6,14-17H,7-13H2,1H3,(H,24,30)(H,25,27)(H,26,28)/t14-,15?,16?,17?,23?/m0/s1. The molecule has 4 aliphatic carbocycles. The first-order valence-electron chi connectivity index (χ1n) is 11.0. The highest BCUT2D eigenvalue weighted by atomic mass is 16.5. The number of nitrogens with one attached hydrogen (secondary N) is 3. The number of rotatable bonds is 6. The molecule has 0 heterocycles. The molecule has 8 nitrogen and oxygen atoms in total. The Bertz CT molecular complexity index is 834. The van der Waals surface area contributed by atoms with Gasteiger partial charge in [0.25, 0.3) is 11.8 Å². The Morgan fingerprint density at radius 1 is 0.968 bits per heavy atom. The molecule has 0 aromatic heterocycles. The lowest BCUT2D eigenvalue weighted by atomic mass is 9.49. The van der Waals surface area contributed by atoms with E-state index < -0.39 is 30.4 Å². The first-order chi connectivity index (χ1) is 14.8. The van der Waals surface area contributed by atoms with E-state index in [2.05, 4.69) is 16.2 Å². The summed E-state index contributed by atoms with van der Waals surface area (Å²) >= 11 is 0. The van der Waals surface area contributed by atoms with Crippen molar-refractivity contribution in [3.8, 4) is 0 Å². The highest BCUT2D eigenvalue weighted by Gasteiger charge is 2.54. The minimum atomic E-state index is -0.841. The SMILES string of the molecule is C[C@H](NC(=O)C12CC3CC(CC(C3)C1)C2)C(=O)OCC(=O)NNC(=O)c1ccccc1. The lowest BCUT2D eigenvalue weighted by Gasteiger charge is -2.55. The van der Waals surface area contributed by atoms with Crippen LogP contribution < -0.4 is 16.2 Å². The van der Waals surface area contributed by atoms with Crippen LogP contribution in [0.2, 0.25) is 0 Å². The minimum Gasteiger partial charge on any atom is -0.454 e. The monoisotopic (exact) mass is 427 g/mol. The van der Waals surface area contributed by atoms with Crippen molar-refractivity contribution in [1.29, 1.82) is 0 Å². The highest BCUT2D eigenvalue weighted by Crippen LogP contribution is 2.60. The summed E-state index contributed by atoms with van der Waals surface area (Å²) in [5.74, 6) is 0.0177. The molecule has 4 aliphatic rings. The van der Waals surface area contributed by atoms with Crippen LogP contribution in [0.4, 0.5) is 0 Å². The Hall–Kier alpha value is -2.90. The third kappa shape index (κ3) is 4.73. The number of carbonyl (C=O) groups is 4. The molecule has 1 aromatic rings. The molecule has 8 heteroatoms. The van der Waals surface area contributed by atoms with Crippen LogP contribution in [0.25, 0.3) is 0 Å². The molecule has 5 rings (SSSR count). The maximum atomic E-state index is 13.0. The van der Waals surface area contributed by atoms with Gasteiger partial charge in [-0.2, -0.15) is 0 Å². The van der Waals surface area contributed by atoms with Crippen molar-refractivity contribution in [3.05, 3.63) is 35.9 Å². The second-order valence-electron chi connectivity index (χ2n) is 9.37. The summed E-state index contributed by atoms with van der Waals surface area (Å²) in [4.78, 5) is 49.0. The van der Waals surface area contributed by atoms with E-state index in [-0.39, 0.29) is 11.3 Å². The topological polar surface area (TPSA) is 114 Å². The molecule has 0 radical (unpaired) electrons. The van der Waals surface area contributed by atoms with Crippen LogP contribution >= 0.6 is 0 Å². The zero-order chi connectivity index (χ0) is 22.0. The molecular weight excluding hydrogens is 398 g/mol. The Morgan fingerprint density at radius 2 is 1.55 bits per heavy atom. The number of hydrogen-bond acceptors (Lipinski definition) is 5. The Morgan fingerprint density at radius 3 is 2.13 bits per heavy atom. The van der Waals surface area contributed by atoms with E-state index in [9.17, 15) is 19.2 Å². The van der Waals surface area contributed by atoms with Crippen molar-refractivity contribution >= 4 is 23.7 Å². The zero-order valence-corrected chi connectivity index (χ0v) is 17.7. The predicted octanol–water partition coefficient (Wildman–Crippen LogP) is 1.71. The molecule has 3 amide bonds. The molecule has 0 saturated heterocycles. The third-order valence-electron chi connectivity index (χ3n) is 6.92. The fourth-order valence-corrected chi connectivity index (χ4v) is 5.88. The van der Waals surface area contributed by atoms with Crippen molar-refractivity contribution in [1.82, 2.24) is 16.2 Å². The van der Waals surface area contributed by atoms with Crippen LogP contribution in [-0.4, -0.2) is 36.3 Å². The quantitative estimate of drug-likeness (QED) is 0.472. The van der Waals surface area contributed by atoms with Crippen molar-refractivity contribution < 1.29 is 23.9 Å². The summed E-state index contributed by atoms with van der Waals surface area (Å²) in [6.07, 6.45) is 6.45. The molecule has 4 bridgehead atoms. The predicted molar refractivity (Wildman–Crippen MR) is 111 cm³/mol. The number of ether oxygens (including phenoxy) is 1. The van der Waals surface area contributed by atoms with Gasteiger partial charge in [0.05, 0.1) is 0 Å². The summed E-state index contributed by atoms with van der Waals surface area (Å²) < 4.78 is 5.01. The lowest BCUT2D eigenvalue weighted by Crippen LogP contribution is -2.56. The van der Waals surface area contributed by atoms with Gasteiger partial charge in [0.1, 0.15) is 6.04 Å². The van der Waals surface area contributed by atoms with Crippen molar-refractivity contribution in [2.24, 2.45) is 23.2 Å².